The van der Waals surface area contributed by atoms with Crippen molar-refractivity contribution < 1.29 is 0 Å². The predicted octanol–water partition coefficient (Wildman–Crippen LogP) is 6.17. The number of hydrogen-bond donors (Lipinski definition) is 2. The number of benzene rings is 3. The van der Waals surface area contributed by atoms with Gasteiger partial charge in [0.25, 0.3) is 0 Å². The fourth-order valence-corrected chi connectivity index (χ4v) is 5.38. The van der Waals surface area contributed by atoms with Crippen molar-refractivity contribution >= 4 is 27.8 Å². The van der Waals surface area contributed by atoms with Crippen LogP contribution in [0.15, 0.2) is 60.8 Å². The Balaban J connectivity index is 1.17. The second-order valence-corrected chi connectivity index (χ2v) is 10.1. The molecule has 36 heavy (non-hydrogen) atoms. The van der Waals surface area contributed by atoms with Crippen molar-refractivity contribution in [2.24, 2.45) is 0 Å². The van der Waals surface area contributed by atoms with E-state index in [0.29, 0.717) is 6.04 Å². The number of likely N-dealkylation sites (tertiary alicyclic amines) is 1. The fourth-order valence-electron chi connectivity index (χ4n) is 5.38. The van der Waals surface area contributed by atoms with E-state index in [1.165, 1.54) is 27.8 Å². The van der Waals surface area contributed by atoms with Gasteiger partial charge in [0.05, 0.1) is 22.9 Å². The van der Waals surface area contributed by atoms with Gasteiger partial charge in [0.1, 0.15) is 0 Å². The number of rotatable bonds is 5. The molecule has 3 aromatic carbocycles. The summed E-state index contributed by atoms with van der Waals surface area (Å²) in [5.41, 5.74) is 9.33. The van der Waals surface area contributed by atoms with Gasteiger partial charge in [-0.2, -0.15) is 5.10 Å². The molecule has 2 aromatic heterocycles. The van der Waals surface area contributed by atoms with Crippen molar-refractivity contribution in [3.05, 3.63) is 83.2 Å². The largest absolute Gasteiger partial charge is 0.351 e. The molecule has 2 N–H and O–H groups in total. The molecular weight excluding hydrogens is 444 g/mol. The molecule has 0 amide bonds. The zero-order chi connectivity index (χ0) is 24.6. The number of anilines is 1. The van der Waals surface area contributed by atoms with Gasteiger partial charge in [-0.15, -0.1) is 0 Å². The van der Waals surface area contributed by atoms with Crippen LogP contribution in [0.2, 0.25) is 0 Å². The average Bonchev–Trinajstić information content (AvgIpc) is 3.35. The predicted molar refractivity (Wildman–Crippen MR) is 147 cm³/mol. The molecule has 6 rings (SSSR count). The zero-order valence-electron chi connectivity index (χ0n) is 21.2. The number of aromatic nitrogens is 4. The minimum absolute atomic E-state index is 0.400. The van der Waals surface area contributed by atoms with Crippen LogP contribution in [-0.4, -0.2) is 44.2 Å². The third-order valence-corrected chi connectivity index (χ3v) is 7.46. The van der Waals surface area contributed by atoms with Crippen LogP contribution in [0.5, 0.6) is 0 Å². The van der Waals surface area contributed by atoms with Crippen molar-refractivity contribution in [1.29, 1.82) is 0 Å². The first-order valence-corrected chi connectivity index (χ1v) is 12.8. The van der Waals surface area contributed by atoms with Gasteiger partial charge in [-0.25, -0.2) is 9.97 Å². The van der Waals surface area contributed by atoms with Crippen molar-refractivity contribution in [2.45, 2.75) is 46.2 Å². The Morgan fingerprint density at radius 3 is 2.53 bits per heavy atom. The van der Waals surface area contributed by atoms with Crippen LogP contribution in [-0.2, 0) is 6.54 Å². The first-order valence-electron chi connectivity index (χ1n) is 12.8. The van der Waals surface area contributed by atoms with E-state index in [0.717, 1.165) is 65.9 Å². The molecule has 182 valence electrons. The highest BCUT2D eigenvalue weighted by Gasteiger charge is 2.20. The molecule has 6 nitrogen and oxygen atoms in total. The van der Waals surface area contributed by atoms with Crippen LogP contribution in [0.1, 0.15) is 35.2 Å². The lowest BCUT2D eigenvalue weighted by molar-refractivity contribution is 0.211. The molecule has 1 aliphatic rings. The number of piperidine rings is 1. The molecular formula is C30H32N6. The van der Waals surface area contributed by atoms with Crippen molar-refractivity contribution in [3.8, 4) is 11.1 Å². The van der Waals surface area contributed by atoms with E-state index < -0.39 is 0 Å². The number of nitrogens with one attached hydrogen (secondary N) is 2. The summed E-state index contributed by atoms with van der Waals surface area (Å²) in [4.78, 5) is 12.3. The van der Waals surface area contributed by atoms with Crippen LogP contribution < -0.4 is 5.32 Å². The minimum atomic E-state index is 0.400. The summed E-state index contributed by atoms with van der Waals surface area (Å²) in [6.07, 6.45) is 4.10. The lowest BCUT2D eigenvalue weighted by atomic mass is 9.95. The molecule has 1 saturated heterocycles. The van der Waals surface area contributed by atoms with E-state index in [2.05, 4.69) is 95.8 Å². The highest BCUT2D eigenvalue weighted by molar-refractivity contribution is 5.98. The van der Waals surface area contributed by atoms with E-state index in [9.17, 15) is 0 Å². The molecule has 3 heterocycles. The third-order valence-electron chi connectivity index (χ3n) is 7.46. The molecule has 1 fully saturated rings. The van der Waals surface area contributed by atoms with E-state index in [1.807, 2.05) is 6.20 Å². The molecule has 0 atom stereocenters. The lowest BCUT2D eigenvalue weighted by Crippen LogP contribution is -2.39. The number of aromatic amines is 1. The van der Waals surface area contributed by atoms with Gasteiger partial charge in [0, 0.05) is 36.4 Å². The van der Waals surface area contributed by atoms with Gasteiger partial charge in [0.2, 0.25) is 5.95 Å². The second-order valence-electron chi connectivity index (χ2n) is 10.1. The lowest BCUT2D eigenvalue weighted by Gasteiger charge is -2.32. The summed E-state index contributed by atoms with van der Waals surface area (Å²) in [5.74, 6) is 0.734. The highest BCUT2D eigenvalue weighted by Crippen LogP contribution is 2.33. The van der Waals surface area contributed by atoms with Crippen LogP contribution in [0, 0.1) is 20.8 Å². The summed E-state index contributed by atoms with van der Waals surface area (Å²) in [6, 6.07) is 20.0. The van der Waals surface area contributed by atoms with Crippen LogP contribution in [0.3, 0.4) is 0 Å². The van der Waals surface area contributed by atoms with Gasteiger partial charge >= 0.3 is 0 Å². The Hall–Kier alpha value is -3.77. The van der Waals surface area contributed by atoms with Crippen molar-refractivity contribution in [1.82, 2.24) is 25.1 Å². The molecule has 6 heteroatoms. The van der Waals surface area contributed by atoms with Gasteiger partial charge in [-0.1, -0.05) is 42.0 Å². The number of fused-ring (bicyclic) bond motifs is 2. The Morgan fingerprint density at radius 2 is 1.72 bits per heavy atom. The highest BCUT2D eigenvalue weighted by atomic mass is 15.2. The zero-order valence-corrected chi connectivity index (χ0v) is 21.2. The molecule has 0 bridgehead atoms. The van der Waals surface area contributed by atoms with Gasteiger partial charge in [0.15, 0.2) is 0 Å². The Bertz CT molecular complexity index is 1530. The van der Waals surface area contributed by atoms with E-state index in [4.69, 9.17) is 9.97 Å². The second kappa shape index (κ2) is 9.36. The number of aryl methyl sites for hydroxylation is 3. The number of H-pyrrole nitrogens is 1. The first kappa shape index (κ1) is 22.7. The maximum atomic E-state index is 4.88. The quantitative estimate of drug-likeness (QED) is 0.317. The topological polar surface area (TPSA) is 69.7 Å². The maximum absolute atomic E-state index is 4.88. The Kier molecular flexibility index (Phi) is 5.89. The monoisotopic (exact) mass is 476 g/mol. The summed E-state index contributed by atoms with van der Waals surface area (Å²) in [6.45, 7) is 9.55. The molecule has 1 aliphatic heterocycles. The average molecular weight is 477 g/mol. The minimum Gasteiger partial charge on any atom is -0.351 e. The van der Waals surface area contributed by atoms with Gasteiger partial charge in [-0.05, 0) is 74.1 Å². The van der Waals surface area contributed by atoms with Crippen LogP contribution in [0.25, 0.3) is 32.9 Å². The summed E-state index contributed by atoms with van der Waals surface area (Å²) in [7, 11) is 0. The van der Waals surface area contributed by atoms with Crippen molar-refractivity contribution in [2.75, 3.05) is 18.4 Å². The molecule has 0 spiro atoms. The van der Waals surface area contributed by atoms with E-state index in [1.54, 1.807) is 0 Å². The van der Waals surface area contributed by atoms with Crippen molar-refractivity contribution in [3.63, 3.8) is 0 Å². The summed E-state index contributed by atoms with van der Waals surface area (Å²) < 4.78 is 0. The molecule has 0 aliphatic carbocycles. The van der Waals surface area contributed by atoms with Gasteiger partial charge in [-0.3, -0.25) is 10.00 Å². The van der Waals surface area contributed by atoms with Gasteiger partial charge < -0.3 is 5.32 Å². The van der Waals surface area contributed by atoms with Crippen LogP contribution >= 0.6 is 0 Å². The standard InChI is InChI=1S/C30H32N6/c1-19-4-7-22(8-5-19)18-36-14-12-24(13-15-36)33-30-32-21(3)25-16-23(9-11-27(25)34-30)29-20(2)6-10-28-26(29)17-31-35-28/h4-11,16-17,24H,12-15,18H2,1-3H3,(H,31,35)(H,32,33,34). The molecule has 5 aromatic rings. The maximum Gasteiger partial charge on any atom is 0.223 e. The first-order chi connectivity index (χ1) is 17.5. The van der Waals surface area contributed by atoms with E-state index in [-0.39, 0.29) is 0 Å². The Morgan fingerprint density at radius 1 is 0.917 bits per heavy atom. The Labute approximate surface area is 211 Å². The SMILES string of the molecule is Cc1ccc(CN2CCC(Nc3nc(C)c4cc(-c5c(C)ccc6[nH]ncc56)ccc4n3)CC2)cc1. The normalized spacial score (nSPS) is 15.1. The molecule has 0 saturated carbocycles. The molecule has 0 unspecified atom stereocenters. The van der Waals surface area contributed by atoms with Crippen LogP contribution in [0.4, 0.5) is 5.95 Å². The third kappa shape index (κ3) is 4.44. The summed E-state index contributed by atoms with van der Waals surface area (Å²) in [5, 5.41) is 13.2. The number of hydrogen-bond acceptors (Lipinski definition) is 5. The fraction of sp³-hybridized carbons (Fsp3) is 0.300. The number of nitrogens with zero attached hydrogens (tertiary/aromatic N) is 4. The van der Waals surface area contributed by atoms with E-state index >= 15 is 0 Å². The molecule has 0 radical (unpaired) electrons. The smallest absolute Gasteiger partial charge is 0.223 e. The summed E-state index contributed by atoms with van der Waals surface area (Å²) >= 11 is 0.